The smallest absolute Gasteiger partial charge is 0.338 e. The van der Waals surface area contributed by atoms with Gasteiger partial charge in [-0.15, -0.1) is 0 Å². The summed E-state index contributed by atoms with van der Waals surface area (Å²) in [5.74, 6) is -0.0925. The van der Waals surface area contributed by atoms with Gasteiger partial charge in [0.1, 0.15) is 36.8 Å². The number of carbonyl (C=O) groups is 1. The molecule has 4 atom stereocenters. The van der Waals surface area contributed by atoms with Crippen molar-refractivity contribution in [2.24, 2.45) is 0 Å². The summed E-state index contributed by atoms with van der Waals surface area (Å²) in [6, 6.07) is 6.27. The van der Waals surface area contributed by atoms with Crippen molar-refractivity contribution in [3.05, 3.63) is 29.8 Å². The SMILES string of the molecule is CCCCOc1ccc(C(=O)OC[C@H](O)[C@@H](O)[C@H](O)[C@H](O)CO)cc1. The number of esters is 1. The van der Waals surface area contributed by atoms with Crippen LogP contribution in [0.25, 0.3) is 0 Å². The van der Waals surface area contributed by atoms with E-state index in [1.807, 2.05) is 0 Å². The minimum atomic E-state index is -1.77. The van der Waals surface area contributed by atoms with E-state index in [2.05, 4.69) is 6.92 Å². The summed E-state index contributed by atoms with van der Waals surface area (Å²) in [5.41, 5.74) is 0.237. The molecule has 1 rings (SSSR count). The monoisotopic (exact) mass is 358 g/mol. The average molecular weight is 358 g/mol. The summed E-state index contributed by atoms with van der Waals surface area (Å²) in [5, 5.41) is 46.7. The third kappa shape index (κ3) is 6.97. The lowest BCUT2D eigenvalue weighted by Crippen LogP contribution is -2.47. The first kappa shape index (κ1) is 21.3. The van der Waals surface area contributed by atoms with Crippen molar-refractivity contribution in [1.82, 2.24) is 0 Å². The second-order valence-corrected chi connectivity index (χ2v) is 5.62. The molecule has 0 radical (unpaired) electrons. The van der Waals surface area contributed by atoms with Gasteiger partial charge in [-0.2, -0.15) is 0 Å². The van der Waals surface area contributed by atoms with Crippen molar-refractivity contribution in [3.63, 3.8) is 0 Å². The fourth-order valence-corrected chi connectivity index (χ4v) is 1.93. The molecule has 0 aliphatic heterocycles. The fraction of sp³-hybridized carbons (Fsp3) is 0.588. The van der Waals surface area contributed by atoms with Gasteiger partial charge in [0.2, 0.25) is 0 Å². The molecule has 0 spiro atoms. The first-order valence-electron chi connectivity index (χ1n) is 8.13. The molecule has 0 aliphatic carbocycles. The number of carbonyl (C=O) groups excluding carboxylic acids is 1. The Bertz CT molecular complexity index is 504. The molecule has 0 aromatic heterocycles. The highest BCUT2D eigenvalue weighted by molar-refractivity contribution is 5.89. The molecule has 0 heterocycles. The zero-order valence-corrected chi connectivity index (χ0v) is 14.1. The number of ether oxygens (including phenoxy) is 2. The topological polar surface area (TPSA) is 137 Å². The summed E-state index contributed by atoms with van der Waals surface area (Å²) in [7, 11) is 0. The molecule has 25 heavy (non-hydrogen) atoms. The minimum absolute atomic E-state index is 0.237. The molecule has 8 nitrogen and oxygen atoms in total. The molecule has 1 aromatic carbocycles. The van der Waals surface area contributed by atoms with Crippen LogP contribution in [0.5, 0.6) is 5.75 Å². The Hall–Kier alpha value is -1.71. The van der Waals surface area contributed by atoms with Crippen molar-refractivity contribution in [2.45, 2.75) is 44.2 Å². The molecule has 8 heteroatoms. The summed E-state index contributed by atoms with van der Waals surface area (Å²) in [6.45, 7) is 1.28. The van der Waals surface area contributed by atoms with E-state index in [1.165, 1.54) is 12.1 Å². The van der Waals surface area contributed by atoms with Gasteiger partial charge >= 0.3 is 5.97 Å². The van der Waals surface area contributed by atoms with Crippen LogP contribution in [0.2, 0.25) is 0 Å². The van der Waals surface area contributed by atoms with Crippen LogP contribution in [0.3, 0.4) is 0 Å². The van der Waals surface area contributed by atoms with Gasteiger partial charge < -0.3 is 35.0 Å². The summed E-state index contributed by atoms with van der Waals surface area (Å²) < 4.78 is 10.3. The van der Waals surface area contributed by atoms with E-state index in [1.54, 1.807) is 12.1 Å². The first-order chi connectivity index (χ1) is 11.9. The van der Waals surface area contributed by atoms with Crippen molar-refractivity contribution in [1.29, 1.82) is 0 Å². The number of benzene rings is 1. The van der Waals surface area contributed by atoms with Crippen LogP contribution in [-0.4, -0.2) is 75.7 Å². The predicted octanol–water partition coefficient (Wildman–Crippen LogP) is -0.542. The summed E-state index contributed by atoms with van der Waals surface area (Å²) in [4.78, 5) is 11.9. The Balaban J connectivity index is 2.47. The van der Waals surface area contributed by atoms with Gasteiger partial charge in [0.05, 0.1) is 18.8 Å². The molecular weight excluding hydrogens is 332 g/mol. The molecule has 142 valence electrons. The second-order valence-electron chi connectivity index (χ2n) is 5.62. The third-order valence-corrected chi connectivity index (χ3v) is 3.57. The van der Waals surface area contributed by atoms with E-state index in [9.17, 15) is 25.2 Å². The molecule has 0 saturated carbocycles. The van der Waals surface area contributed by atoms with Gasteiger partial charge in [-0.1, -0.05) is 13.3 Å². The lowest BCUT2D eigenvalue weighted by molar-refractivity contribution is -0.124. The lowest BCUT2D eigenvalue weighted by atomic mass is 10.0. The van der Waals surface area contributed by atoms with E-state index in [0.29, 0.717) is 12.4 Å². The summed E-state index contributed by atoms with van der Waals surface area (Å²) >= 11 is 0. The van der Waals surface area contributed by atoms with Gasteiger partial charge in [0.25, 0.3) is 0 Å². The van der Waals surface area contributed by atoms with Crippen LogP contribution in [-0.2, 0) is 4.74 Å². The summed E-state index contributed by atoms with van der Waals surface area (Å²) in [6.07, 6.45) is -4.82. The minimum Gasteiger partial charge on any atom is -0.494 e. The van der Waals surface area contributed by atoms with Crippen LogP contribution in [0.1, 0.15) is 30.1 Å². The predicted molar refractivity (Wildman–Crippen MR) is 88.2 cm³/mol. The fourth-order valence-electron chi connectivity index (χ4n) is 1.93. The highest BCUT2D eigenvalue weighted by Crippen LogP contribution is 2.14. The van der Waals surface area contributed by atoms with E-state index < -0.39 is 43.6 Å². The van der Waals surface area contributed by atoms with Crippen molar-refractivity contribution in [3.8, 4) is 5.75 Å². The quantitative estimate of drug-likeness (QED) is 0.263. The molecule has 0 bridgehead atoms. The largest absolute Gasteiger partial charge is 0.494 e. The normalized spacial score (nSPS) is 15.9. The maximum atomic E-state index is 11.9. The van der Waals surface area contributed by atoms with E-state index in [0.717, 1.165) is 12.8 Å². The maximum Gasteiger partial charge on any atom is 0.338 e. The number of aliphatic hydroxyl groups is 5. The number of unbranched alkanes of at least 4 members (excludes halogenated alkanes) is 1. The molecule has 1 aromatic rings. The third-order valence-electron chi connectivity index (χ3n) is 3.57. The van der Waals surface area contributed by atoms with Gasteiger partial charge in [0.15, 0.2) is 0 Å². The Morgan fingerprint density at radius 3 is 2.20 bits per heavy atom. The Labute approximate surface area is 146 Å². The molecule has 0 unspecified atom stereocenters. The van der Waals surface area contributed by atoms with Gasteiger partial charge in [0, 0.05) is 0 Å². The van der Waals surface area contributed by atoms with Crippen LogP contribution in [0, 0.1) is 0 Å². The van der Waals surface area contributed by atoms with Crippen LogP contribution in [0.15, 0.2) is 24.3 Å². The average Bonchev–Trinajstić information content (AvgIpc) is 2.64. The zero-order valence-electron chi connectivity index (χ0n) is 14.1. The molecular formula is C17H26O8. The van der Waals surface area contributed by atoms with E-state index >= 15 is 0 Å². The number of aliphatic hydroxyl groups excluding tert-OH is 5. The Morgan fingerprint density at radius 1 is 1.04 bits per heavy atom. The number of rotatable bonds is 11. The van der Waals surface area contributed by atoms with Gasteiger partial charge in [-0.25, -0.2) is 4.79 Å². The van der Waals surface area contributed by atoms with E-state index in [4.69, 9.17) is 14.6 Å². The Morgan fingerprint density at radius 2 is 1.64 bits per heavy atom. The highest BCUT2D eigenvalue weighted by atomic mass is 16.5. The molecule has 0 amide bonds. The molecule has 5 N–H and O–H groups in total. The molecule has 0 saturated heterocycles. The van der Waals surface area contributed by atoms with Crippen molar-refractivity contribution >= 4 is 5.97 Å². The molecule has 0 fully saturated rings. The molecule has 0 aliphatic rings. The zero-order chi connectivity index (χ0) is 18.8. The second kappa shape index (κ2) is 11.0. The number of hydrogen-bond donors (Lipinski definition) is 5. The standard InChI is InChI=1S/C17H26O8/c1-2-3-8-24-12-6-4-11(5-7-12)17(23)25-10-14(20)16(22)15(21)13(19)9-18/h4-7,13-16,18-22H,2-3,8-10H2,1H3/t13-,14+,15-,16-/m1/s1. The van der Waals surface area contributed by atoms with Crippen LogP contribution in [0.4, 0.5) is 0 Å². The Kier molecular flexibility index (Phi) is 9.40. The lowest BCUT2D eigenvalue weighted by Gasteiger charge is -2.25. The van der Waals surface area contributed by atoms with Gasteiger partial charge in [-0.05, 0) is 30.7 Å². The maximum absolute atomic E-state index is 11.9. The first-order valence-corrected chi connectivity index (χ1v) is 8.13. The number of hydrogen-bond acceptors (Lipinski definition) is 8. The van der Waals surface area contributed by atoms with Crippen LogP contribution < -0.4 is 4.74 Å². The van der Waals surface area contributed by atoms with Crippen LogP contribution >= 0.6 is 0 Å². The van der Waals surface area contributed by atoms with Crippen molar-refractivity contribution < 1.29 is 39.8 Å². The highest BCUT2D eigenvalue weighted by Gasteiger charge is 2.30. The van der Waals surface area contributed by atoms with Gasteiger partial charge in [-0.3, -0.25) is 0 Å². The van der Waals surface area contributed by atoms with E-state index in [-0.39, 0.29) is 5.56 Å². The van der Waals surface area contributed by atoms with Crippen molar-refractivity contribution in [2.75, 3.05) is 19.8 Å².